The lowest BCUT2D eigenvalue weighted by Crippen LogP contribution is -2.37. The Morgan fingerprint density at radius 3 is 1.87 bits per heavy atom. The number of thiazole rings is 1. The fourth-order valence-corrected chi connectivity index (χ4v) is 6.89. The van der Waals surface area contributed by atoms with Gasteiger partial charge in [-0.25, -0.2) is 13.4 Å². The summed E-state index contributed by atoms with van der Waals surface area (Å²) in [7, 11) is -3.66. The molecule has 1 amide bonds. The van der Waals surface area contributed by atoms with Crippen LogP contribution in [-0.2, 0) is 10.0 Å². The molecule has 0 aliphatic carbocycles. The molecule has 1 N–H and O–H groups in total. The van der Waals surface area contributed by atoms with Crippen LogP contribution in [0.5, 0.6) is 0 Å². The van der Waals surface area contributed by atoms with Gasteiger partial charge in [-0.1, -0.05) is 99.7 Å². The van der Waals surface area contributed by atoms with E-state index >= 15 is 0 Å². The lowest BCUT2D eigenvalue weighted by atomic mass is 10.1. The molecule has 0 unspecified atom stereocenters. The second-order valence-electron chi connectivity index (χ2n) is 10.0. The number of amides is 1. The van der Waals surface area contributed by atoms with Gasteiger partial charge in [-0.3, -0.25) is 10.1 Å². The average Bonchev–Trinajstić information content (AvgIpc) is 3.32. The van der Waals surface area contributed by atoms with Crippen LogP contribution in [-0.4, -0.2) is 36.7 Å². The first-order valence-electron chi connectivity index (χ1n) is 12.7. The van der Waals surface area contributed by atoms with Gasteiger partial charge in [0, 0.05) is 24.2 Å². The van der Waals surface area contributed by atoms with Crippen LogP contribution in [0.3, 0.4) is 0 Å². The van der Waals surface area contributed by atoms with Crippen molar-refractivity contribution in [3.63, 3.8) is 0 Å². The molecule has 0 atom stereocenters. The first kappa shape index (κ1) is 27.7. The maximum Gasteiger partial charge on any atom is 0.257 e. The van der Waals surface area contributed by atoms with Crippen molar-refractivity contribution in [2.45, 2.75) is 32.6 Å². The molecule has 38 heavy (non-hydrogen) atoms. The molecule has 4 aromatic rings. The van der Waals surface area contributed by atoms with E-state index in [2.05, 4.69) is 5.32 Å². The molecule has 0 aliphatic heterocycles. The fourth-order valence-electron chi connectivity index (χ4n) is 4.13. The lowest BCUT2D eigenvalue weighted by molar-refractivity contribution is 0.102. The van der Waals surface area contributed by atoms with Gasteiger partial charge in [0.05, 0.1) is 15.5 Å². The molecule has 0 saturated carbocycles. The normalized spacial score (nSPS) is 11.9. The monoisotopic (exact) mass is 547 g/mol. The van der Waals surface area contributed by atoms with E-state index in [9.17, 15) is 13.2 Å². The Hall–Kier alpha value is -3.33. The van der Waals surface area contributed by atoms with Crippen LogP contribution < -0.4 is 5.32 Å². The van der Waals surface area contributed by atoms with Crippen molar-refractivity contribution in [2.75, 3.05) is 18.4 Å². The van der Waals surface area contributed by atoms with Gasteiger partial charge in [0.15, 0.2) is 5.13 Å². The minimum atomic E-state index is -3.66. The Kier molecular flexibility index (Phi) is 8.76. The minimum Gasteiger partial charge on any atom is -0.298 e. The maximum absolute atomic E-state index is 13.3. The van der Waals surface area contributed by atoms with E-state index in [0.717, 1.165) is 21.7 Å². The number of benzene rings is 3. The molecule has 0 radical (unpaired) electrons. The smallest absolute Gasteiger partial charge is 0.257 e. The van der Waals surface area contributed by atoms with Crippen molar-refractivity contribution in [1.82, 2.24) is 9.29 Å². The number of carbonyl (C=O) groups is 1. The zero-order chi connectivity index (χ0) is 27.3. The van der Waals surface area contributed by atoms with E-state index in [1.807, 2.05) is 88.4 Å². The summed E-state index contributed by atoms with van der Waals surface area (Å²) in [5.74, 6) is 0.0602. The molecule has 1 heterocycles. The van der Waals surface area contributed by atoms with E-state index in [0.29, 0.717) is 23.8 Å². The van der Waals surface area contributed by atoms with Gasteiger partial charge in [0.25, 0.3) is 5.91 Å². The van der Waals surface area contributed by atoms with Crippen LogP contribution in [0, 0.1) is 11.8 Å². The van der Waals surface area contributed by atoms with Crippen LogP contribution in [0.1, 0.15) is 38.1 Å². The third-order valence-corrected chi connectivity index (χ3v) is 8.69. The molecule has 0 bridgehead atoms. The highest BCUT2D eigenvalue weighted by Crippen LogP contribution is 2.39. The minimum absolute atomic E-state index is 0.183. The number of hydrogen-bond donors (Lipinski definition) is 1. The van der Waals surface area contributed by atoms with Crippen LogP contribution in [0.2, 0.25) is 0 Å². The zero-order valence-corrected chi connectivity index (χ0v) is 23.7. The van der Waals surface area contributed by atoms with Crippen LogP contribution in [0.15, 0.2) is 89.8 Å². The summed E-state index contributed by atoms with van der Waals surface area (Å²) in [6.45, 7) is 8.89. The van der Waals surface area contributed by atoms with Gasteiger partial charge in [0.1, 0.15) is 0 Å². The third-order valence-electron chi connectivity index (χ3n) is 5.82. The Balaban J connectivity index is 1.58. The molecule has 3 aromatic carbocycles. The lowest BCUT2D eigenvalue weighted by Gasteiger charge is -2.25. The quantitative estimate of drug-likeness (QED) is 0.231. The van der Waals surface area contributed by atoms with Crippen molar-refractivity contribution < 1.29 is 13.2 Å². The number of carbonyl (C=O) groups excluding carboxylic acids is 1. The highest BCUT2D eigenvalue weighted by molar-refractivity contribution is 7.89. The molecule has 4 rings (SSSR count). The Morgan fingerprint density at radius 1 is 0.816 bits per heavy atom. The van der Waals surface area contributed by atoms with Crippen molar-refractivity contribution in [2.24, 2.45) is 11.8 Å². The van der Waals surface area contributed by atoms with Crippen molar-refractivity contribution >= 4 is 32.4 Å². The molecule has 0 fully saturated rings. The van der Waals surface area contributed by atoms with Gasteiger partial charge < -0.3 is 0 Å². The summed E-state index contributed by atoms with van der Waals surface area (Å²) in [6.07, 6.45) is 0. The van der Waals surface area contributed by atoms with Gasteiger partial charge in [-0.05, 0) is 41.7 Å². The second-order valence-corrected chi connectivity index (χ2v) is 13.0. The first-order valence-corrected chi connectivity index (χ1v) is 14.9. The summed E-state index contributed by atoms with van der Waals surface area (Å²) >= 11 is 1.41. The summed E-state index contributed by atoms with van der Waals surface area (Å²) in [5, 5.41) is 3.38. The van der Waals surface area contributed by atoms with E-state index in [1.54, 1.807) is 12.1 Å². The largest absolute Gasteiger partial charge is 0.298 e. The maximum atomic E-state index is 13.3. The highest BCUT2D eigenvalue weighted by atomic mass is 32.2. The Morgan fingerprint density at radius 2 is 1.34 bits per heavy atom. The summed E-state index contributed by atoms with van der Waals surface area (Å²) in [4.78, 5) is 19.0. The van der Waals surface area contributed by atoms with Crippen molar-refractivity contribution in [3.8, 4) is 21.7 Å². The average molecular weight is 548 g/mol. The standard InChI is InChI=1S/C30H33N3O3S2/c1-21(2)19-33(20-22(3)4)38(35,36)26-17-15-25(16-18-26)29(34)32-30-31-27(23-11-7-5-8-12-23)28(37-30)24-13-9-6-10-14-24/h5-18,21-22H,19-20H2,1-4H3,(H,31,32,34). The first-order chi connectivity index (χ1) is 18.1. The van der Waals surface area contributed by atoms with Crippen LogP contribution in [0.25, 0.3) is 21.7 Å². The van der Waals surface area contributed by atoms with Gasteiger partial charge >= 0.3 is 0 Å². The number of nitrogens with zero attached hydrogens (tertiary/aromatic N) is 2. The predicted octanol–water partition coefficient (Wildman–Crippen LogP) is 7.03. The van der Waals surface area contributed by atoms with E-state index in [4.69, 9.17) is 4.98 Å². The Bertz CT molecular complexity index is 1400. The van der Waals surface area contributed by atoms with Crippen LogP contribution >= 0.6 is 11.3 Å². The molecule has 0 aliphatic rings. The molecule has 1 aromatic heterocycles. The number of hydrogen-bond acceptors (Lipinski definition) is 5. The fraction of sp³-hybridized carbons (Fsp3) is 0.267. The number of sulfonamides is 1. The third kappa shape index (κ3) is 6.56. The zero-order valence-electron chi connectivity index (χ0n) is 22.1. The SMILES string of the molecule is CC(C)CN(CC(C)C)S(=O)(=O)c1ccc(C(=O)Nc2nc(-c3ccccc3)c(-c3ccccc3)s2)cc1. The second kappa shape index (κ2) is 12.0. The number of anilines is 1. The molecule has 6 nitrogen and oxygen atoms in total. The summed E-state index contributed by atoms with van der Waals surface area (Å²) < 4.78 is 28.1. The van der Waals surface area contributed by atoms with Crippen LogP contribution in [0.4, 0.5) is 5.13 Å². The van der Waals surface area contributed by atoms with Gasteiger partial charge in [-0.15, -0.1) is 0 Å². The number of nitrogens with one attached hydrogen (secondary N) is 1. The Labute approximate surface area is 229 Å². The molecule has 0 saturated heterocycles. The molecule has 8 heteroatoms. The number of aromatic nitrogens is 1. The molecule has 0 spiro atoms. The topological polar surface area (TPSA) is 79.4 Å². The molecular formula is C30H33N3O3S2. The summed E-state index contributed by atoms with van der Waals surface area (Å²) in [5.41, 5.74) is 3.14. The number of rotatable bonds is 10. The van der Waals surface area contributed by atoms with Gasteiger partial charge in [-0.2, -0.15) is 4.31 Å². The molecular weight excluding hydrogens is 514 g/mol. The van der Waals surface area contributed by atoms with Gasteiger partial charge in [0.2, 0.25) is 10.0 Å². The predicted molar refractivity (Wildman–Crippen MR) is 156 cm³/mol. The van der Waals surface area contributed by atoms with Crippen molar-refractivity contribution in [3.05, 3.63) is 90.5 Å². The van der Waals surface area contributed by atoms with Crippen molar-refractivity contribution in [1.29, 1.82) is 0 Å². The van der Waals surface area contributed by atoms with E-state index in [-0.39, 0.29) is 22.6 Å². The molecule has 198 valence electrons. The van der Waals surface area contributed by atoms with E-state index < -0.39 is 10.0 Å². The highest BCUT2D eigenvalue weighted by Gasteiger charge is 2.26. The summed E-state index contributed by atoms with van der Waals surface area (Å²) in [6, 6.07) is 25.9. The van der Waals surface area contributed by atoms with E-state index in [1.165, 1.54) is 27.8 Å².